The highest BCUT2D eigenvalue weighted by Crippen LogP contribution is 2.37. The van der Waals surface area contributed by atoms with Gasteiger partial charge in [0.1, 0.15) is 16.8 Å². The zero-order valence-electron chi connectivity index (χ0n) is 24.5. The van der Waals surface area contributed by atoms with Crippen molar-refractivity contribution in [1.82, 2.24) is 14.1 Å². The predicted octanol–water partition coefficient (Wildman–Crippen LogP) is 9.69. The van der Waals surface area contributed by atoms with Crippen LogP contribution in [-0.4, -0.2) is 14.1 Å². The third kappa shape index (κ3) is 3.97. The molecule has 0 N–H and O–H groups in total. The standard InChI is InChI=1S/C39H25N5O/c1-3-7-25(22-40)18-31-24(2)43(36-14-11-26(23-41)19-32(31)36)27-12-15-37-33(20-27)34-21-28(13-16-38(34)45-37)44-35-10-5-4-8-29(35)30-9-6-17-42-39(30)44/h3-6,8-21H,1,7H2,2H3/b25-18+. The number of hydrogen-bond acceptors (Lipinski definition) is 4. The minimum Gasteiger partial charge on any atom is -0.456 e. The lowest BCUT2D eigenvalue weighted by molar-refractivity contribution is 0.669. The number of aromatic nitrogens is 3. The van der Waals surface area contributed by atoms with Crippen molar-refractivity contribution in [3.63, 3.8) is 0 Å². The zero-order chi connectivity index (χ0) is 30.7. The van der Waals surface area contributed by atoms with Crippen LogP contribution in [0.25, 0.3) is 72.2 Å². The van der Waals surface area contributed by atoms with Crippen LogP contribution < -0.4 is 0 Å². The molecule has 0 amide bonds. The minimum atomic E-state index is 0.470. The first kappa shape index (κ1) is 26.3. The molecule has 0 saturated carbocycles. The molecule has 0 fully saturated rings. The number of nitriles is 2. The van der Waals surface area contributed by atoms with Crippen LogP contribution in [0.5, 0.6) is 0 Å². The van der Waals surface area contributed by atoms with E-state index in [9.17, 15) is 10.5 Å². The number of allylic oxidation sites excluding steroid dienone is 2. The number of fused-ring (bicyclic) bond motifs is 7. The van der Waals surface area contributed by atoms with Gasteiger partial charge in [0.15, 0.2) is 0 Å². The summed E-state index contributed by atoms with van der Waals surface area (Å²) in [6.07, 6.45) is 5.94. The first-order chi connectivity index (χ1) is 22.1. The van der Waals surface area contributed by atoms with Gasteiger partial charge in [0.05, 0.1) is 28.7 Å². The Labute approximate surface area is 258 Å². The summed E-state index contributed by atoms with van der Waals surface area (Å²) in [5.41, 5.74) is 9.60. The summed E-state index contributed by atoms with van der Waals surface area (Å²) >= 11 is 0. The van der Waals surface area contributed by atoms with E-state index < -0.39 is 0 Å². The van der Waals surface area contributed by atoms with Crippen LogP contribution in [0.4, 0.5) is 0 Å². The second-order valence-corrected chi connectivity index (χ2v) is 11.1. The SMILES string of the molecule is C=CC/C(C#N)=C\c1c(C)n(-c2ccc3oc4ccc(-n5c6ccccc6c6cccnc65)cc4c3c2)c2ccc(C#N)cc12. The molecule has 8 aromatic rings. The molecule has 0 unspecified atom stereocenters. The molecular weight excluding hydrogens is 554 g/mol. The Morgan fingerprint density at radius 3 is 2.24 bits per heavy atom. The fourth-order valence-electron chi connectivity index (χ4n) is 6.58. The Balaban J connectivity index is 1.36. The van der Waals surface area contributed by atoms with Crippen molar-refractivity contribution in [1.29, 1.82) is 10.5 Å². The lowest BCUT2D eigenvalue weighted by Crippen LogP contribution is -1.97. The van der Waals surface area contributed by atoms with Gasteiger partial charge in [-0.3, -0.25) is 4.57 Å². The molecule has 0 aliphatic heterocycles. The van der Waals surface area contributed by atoms with E-state index in [1.54, 1.807) is 6.08 Å². The second kappa shape index (κ2) is 10.1. The lowest BCUT2D eigenvalue weighted by Gasteiger charge is -2.09. The van der Waals surface area contributed by atoms with E-state index in [0.717, 1.165) is 77.4 Å². The highest BCUT2D eigenvalue weighted by atomic mass is 16.3. The Morgan fingerprint density at radius 1 is 0.800 bits per heavy atom. The van der Waals surface area contributed by atoms with Gasteiger partial charge in [-0.05, 0) is 85.8 Å². The molecule has 0 bridgehead atoms. The van der Waals surface area contributed by atoms with Crippen molar-refractivity contribution in [3.05, 3.63) is 132 Å². The first-order valence-corrected chi connectivity index (χ1v) is 14.7. The van der Waals surface area contributed by atoms with Crippen molar-refractivity contribution in [2.45, 2.75) is 13.3 Å². The molecule has 212 valence electrons. The lowest BCUT2D eigenvalue weighted by atomic mass is 10.0. The number of hydrogen-bond donors (Lipinski definition) is 0. The zero-order valence-corrected chi connectivity index (χ0v) is 24.5. The van der Waals surface area contributed by atoms with Crippen molar-refractivity contribution in [3.8, 4) is 23.5 Å². The van der Waals surface area contributed by atoms with Crippen molar-refractivity contribution < 1.29 is 4.42 Å². The third-order valence-corrected chi connectivity index (χ3v) is 8.59. The minimum absolute atomic E-state index is 0.470. The van der Waals surface area contributed by atoms with Gasteiger partial charge in [-0.2, -0.15) is 10.5 Å². The topological polar surface area (TPSA) is 83.5 Å². The Bertz CT molecular complexity index is 2580. The third-order valence-electron chi connectivity index (χ3n) is 8.59. The van der Waals surface area contributed by atoms with Crippen LogP contribution in [0.2, 0.25) is 0 Å². The second-order valence-electron chi connectivity index (χ2n) is 11.1. The maximum absolute atomic E-state index is 9.77. The highest BCUT2D eigenvalue weighted by molar-refractivity contribution is 6.10. The number of furan rings is 1. The maximum Gasteiger partial charge on any atom is 0.145 e. The normalized spacial score (nSPS) is 11.9. The number of rotatable bonds is 5. The predicted molar refractivity (Wildman–Crippen MR) is 181 cm³/mol. The summed E-state index contributed by atoms with van der Waals surface area (Å²) in [6, 6.07) is 35.2. The molecule has 4 aromatic heterocycles. The van der Waals surface area contributed by atoms with Gasteiger partial charge >= 0.3 is 0 Å². The van der Waals surface area contributed by atoms with E-state index in [4.69, 9.17) is 9.40 Å². The summed E-state index contributed by atoms with van der Waals surface area (Å²) in [7, 11) is 0. The van der Waals surface area contributed by atoms with Gasteiger partial charge in [-0.1, -0.05) is 24.3 Å². The van der Waals surface area contributed by atoms with Gasteiger partial charge in [0.2, 0.25) is 0 Å². The van der Waals surface area contributed by atoms with E-state index in [0.29, 0.717) is 17.6 Å². The molecular formula is C39H25N5O. The smallest absolute Gasteiger partial charge is 0.145 e. The number of nitrogens with zero attached hydrogens (tertiary/aromatic N) is 5. The van der Waals surface area contributed by atoms with Crippen LogP contribution in [0, 0.1) is 29.6 Å². The molecule has 0 radical (unpaired) electrons. The molecule has 4 aromatic carbocycles. The van der Waals surface area contributed by atoms with Gasteiger partial charge in [0.25, 0.3) is 0 Å². The number of pyridine rings is 1. The first-order valence-electron chi connectivity index (χ1n) is 14.7. The fourth-order valence-corrected chi connectivity index (χ4v) is 6.58. The fraction of sp³-hybridized carbons (Fsp3) is 0.0513. The average Bonchev–Trinajstić information content (AvgIpc) is 3.70. The summed E-state index contributed by atoms with van der Waals surface area (Å²) in [5, 5.41) is 24.6. The van der Waals surface area contributed by atoms with Crippen LogP contribution >= 0.6 is 0 Å². The van der Waals surface area contributed by atoms with Crippen LogP contribution in [-0.2, 0) is 0 Å². The molecule has 0 spiro atoms. The van der Waals surface area contributed by atoms with E-state index >= 15 is 0 Å². The van der Waals surface area contributed by atoms with Gasteiger partial charge < -0.3 is 8.98 Å². The maximum atomic E-state index is 9.77. The van der Waals surface area contributed by atoms with Crippen LogP contribution in [0.3, 0.4) is 0 Å². The van der Waals surface area contributed by atoms with Gasteiger partial charge in [-0.15, -0.1) is 6.58 Å². The summed E-state index contributed by atoms with van der Waals surface area (Å²) in [4.78, 5) is 4.76. The summed E-state index contributed by atoms with van der Waals surface area (Å²) in [5.74, 6) is 0. The monoisotopic (exact) mass is 579 g/mol. The quantitative estimate of drug-likeness (QED) is 0.150. The van der Waals surface area contributed by atoms with Crippen LogP contribution in [0.1, 0.15) is 23.2 Å². The number of benzene rings is 4. The summed E-state index contributed by atoms with van der Waals surface area (Å²) in [6.45, 7) is 5.85. The van der Waals surface area contributed by atoms with E-state index in [1.165, 1.54) is 0 Å². The highest BCUT2D eigenvalue weighted by Gasteiger charge is 2.18. The molecule has 8 rings (SSSR count). The molecule has 45 heavy (non-hydrogen) atoms. The van der Waals surface area contributed by atoms with Crippen molar-refractivity contribution in [2.75, 3.05) is 0 Å². The van der Waals surface area contributed by atoms with Gasteiger partial charge in [-0.25, -0.2) is 4.98 Å². The summed E-state index contributed by atoms with van der Waals surface area (Å²) < 4.78 is 10.7. The van der Waals surface area contributed by atoms with Gasteiger partial charge in [0, 0.05) is 67.8 Å². The molecule has 0 aliphatic carbocycles. The number of para-hydroxylation sites is 1. The average molecular weight is 580 g/mol. The van der Waals surface area contributed by atoms with Crippen molar-refractivity contribution in [2.24, 2.45) is 0 Å². The molecule has 4 heterocycles. The Morgan fingerprint density at radius 2 is 1.51 bits per heavy atom. The largest absolute Gasteiger partial charge is 0.456 e. The molecule has 6 heteroatoms. The Hall–Kier alpha value is -6.37. The Kier molecular flexibility index (Phi) is 5.91. The van der Waals surface area contributed by atoms with Crippen LogP contribution in [0.15, 0.2) is 120 Å². The van der Waals surface area contributed by atoms with E-state index in [-0.39, 0.29) is 0 Å². The molecule has 6 nitrogen and oxygen atoms in total. The molecule has 0 atom stereocenters. The van der Waals surface area contributed by atoms with Crippen molar-refractivity contribution >= 4 is 60.9 Å². The molecule has 0 saturated heterocycles. The molecule has 0 aliphatic rings. The van der Waals surface area contributed by atoms with E-state index in [1.807, 2.05) is 55.6 Å². The van der Waals surface area contributed by atoms with E-state index in [2.05, 4.69) is 82.4 Å².